The maximum atomic E-state index is 12.6. The molecule has 1 atom stereocenters. The molecule has 1 aliphatic rings. The summed E-state index contributed by atoms with van der Waals surface area (Å²) < 4.78 is 5.23. The Labute approximate surface area is 153 Å². The molecule has 1 N–H and O–H groups in total. The number of carbonyl (C=O) groups is 1. The maximum Gasteiger partial charge on any atom is 0.234 e. The molecule has 0 saturated heterocycles. The van der Waals surface area contributed by atoms with Crippen molar-refractivity contribution in [2.24, 2.45) is 5.92 Å². The summed E-state index contributed by atoms with van der Waals surface area (Å²) in [7, 11) is 1.67. The van der Waals surface area contributed by atoms with Gasteiger partial charge in [-0.3, -0.25) is 9.69 Å². The number of amides is 1. The Hall–Kier alpha value is -1.85. The van der Waals surface area contributed by atoms with Gasteiger partial charge in [0.2, 0.25) is 5.91 Å². The van der Waals surface area contributed by atoms with Crippen LogP contribution in [0, 0.1) is 5.92 Å². The first kappa shape index (κ1) is 18.0. The van der Waals surface area contributed by atoms with Crippen LogP contribution >= 0.6 is 11.3 Å². The quantitative estimate of drug-likeness (QED) is 0.740. The van der Waals surface area contributed by atoms with Gasteiger partial charge in [0.15, 0.2) is 0 Å². The van der Waals surface area contributed by atoms with E-state index in [0.29, 0.717) is 12.5 Å². The Balaban J connectivity index is 1.60. The summed E-state index contributed by atoms with van der Waals surface area (Å²) in [4.78, 5) is 16.1. The number of likely N-dealkylation sites (N-methyl/N-ethyl adjacent to an activating group) is 1. The first-order valence-corrected chi connectivity index (χ1v) is 9.75. The van der Waals surface area contributed by atoms with Crippen LogP contribution in [0.4, 0.5) is 0 Å². The average Bonchev–Trinajstić information content (AvgIpc) is 3.35. The lowest BCUT2D eigenvalue weighted by atomic mass is 10.0. The van der Waals surface area contributed by atoms with Crippen molar-refractivity contribution in [3.8, 4) is 5.75 Å². The highest BCUT2D eigenvalue weighted by molar-refractivity contribution is 7.09. The summed E-state index contributed by atoms with van der Waals surface area (Å²) in [6.07, 6.45) is 2.37. The second kappa shape index (κ2) is 8.50. The molecule has 25 heavy (non-hydrogen) atoms. The average molecular weight is 359 g/mol. The Morgan fingerprint density at radius 3 is 2.64 bits per heavy atom. The van der Waals surface area contributed by atoms with E-state index in [0.717, 1.165) is 24.4 Å². The van der Waals surface area contributed by atoms with Crippen molar-refractivity contribution in [3.63, 3.8) is 0 Å². The monoisotopic (exact) mass is 358 g/mol. The second-order valence-corrected chi connectivity index (χ2v) is 7.57. The lowest BCUT2D eigenvalue weighted by Gasteiger charge is -2.23. The maximum absolute atomic E-state index is 12.6. The third-order valence-corrected chi connectivity index (χ3v) is 5.52. The molecule has 0 aliphatic heterocycles. The van der Waals surface area contributed by atoms with Crippen LogP contribution in [0.15, 0.2) is 41.8 Å². The van der Waals surface area contributed by atoms with E-state index in [2.05, 4.69) is 46.8 Å². The molecule has 1 unspecified atom stereocenters. The molecule has 3 rings (SSSR count). The largest absolute Gasteiger partial charge is 0.497 e. The van der Waals surface area contributed by atoms with E-state index in [1.165, 1.54) is 17.7 Å². The van der Waals surface area contributed by atoms with Crippen molar-refractivity contribution in [2.45, 2.75) is 32.4 Å². The zero-order chi connectivity index (χ0) is 17.6. The van der Waals surface area contributed by atoms with Gasteiger partial charge in [0.1, 0.15) is 5.75 Å². The third-order valence-electron chi connectivity index (χ3n) is 4.66. The number of rotatable bonds is 9. The Morgan fingerprint density at radius 2 is 2.08 bits per heavy atom. The first-order valence-electron chi connectivity index (χ1n) is 8.87. The van der Waals surface area contributed by atoms with Crippen LogP contribution in [0.1, 0.15) is 36.2 Å². The van der Waals surface area contributed by atoms with E-state index in [-0.39, 0.29) is 11.9 Å². The number of nitrogens with zero attached hydrogens (tertiary/aromatic N) is 1. The second-order valence-electron chi connectivity index (χ2n) is 6.54. The molecule has 5 heteroatoms. The summed E-state index contributed by atoms with van der Waals surface area (Å²) in [5.74, 6) is 1.51. The van der Waals surface area contributed by atoms with Gasteiger partial charge in [0.05, 0.1) is 19.7 Å². The molecule has 1 fully saturated rings. The van der Waals surface area contributed by atoms with Crippen molar-refractivity contribution >= 4 is 17.2 Å². The summed E-state index contributed by atoms with van der Waals surface area (Å²) in [6, 6.07) is 12.3. The van der Waals surface area contributed by atoms with E-state index in [1.54, 1.807) is 18.4 Å². The van der Waals surface area contributed by atoms with E-state index in [9.17, 15) is 4.79 Å². The first-order chi connectivity index (χ1) is 12.2. The van der Waals surface area contributed by atoms with Crippen LogP contribution in [0.5, 0.6) is 5.75 Å². The highest BCUT2D eigenvalue weighted by atomic mass is 32.1. The van der Waals surface area contributed by atoms with Crippen LogP contribution in [0.3, 0.4) is 0 Å². The number of benzene rings is 1. The summed E-state index contributed by atoms with van der Waals surface area (Å²) >= 11 is 1.74. The Kier molecular flexibility index (Phi) is 6.10. The highest BCUT2D eigenvalue weighted by Gasteiger charge is 2.33. The fourth-order valence-electron chi connectivity index (χ4n) is 3.04. The summed E-state index contributed by atoms with van der Waals surface area (Å²) in [5, 5.41) is 5.34. The fourth-order valence-corrected chi connectivity index (χ4v) is 3.78. The van der Waals surface area contributed by atoms with Gasteiger partial charge in [0, 0.05) is 11.4 Å². The van der Waals surface area contributed by atoms with Gasteiger partial charge in [-0.2, -0.15) is 0 Å². The van der Waals surface area contributed by atoms with Crippen molar-refractivity contribution in [1.29, 1.82) is 0 Å². The molecule has 4 nitrogen and oxygen atoms in total. The summed E-state index contributed by atoms with van der Waals surface area (Å²) in [6.45, 7) is 4.23. The number of carbonyl (C=O) groups excluding carboxylic acids is 1. The minimum absolute atomic E-state index is 0.103. The van der Waals surface area contributed by atoms with Crippen LogP contribution in [0.2, 0.25) is 0 Å². The standard InChI is InChI=1S/C20H26N2O2S/c1-3-22(13-18-5-4-12-25-18)14-19(23)21-20(15-6-7-15)16-8-10-17(24-2)11-9-16/h4-5,8-12,15,20H,3,6-7,13-14H2,1-2H3,(H,21,23). The molecule has 0 radical (unpaired) electrons. The van der Waals surface area contributed by atoms with E-state index < -0.39 is 0 Å². The number of methoxy groups -OCH3 is 1. The molecule has 0 bridgehead atoms. The predicted octanol–water partition coefficient (Wildman–Crippen LogP) is 3.85. The number of thiophene rings is 1. The van der Waals surface area contributed by atoms with Crippen LogP contribution < -0.4 is 10.1 Å². The van der Waals surface area contributed by atoms with Crippen molar-refractivity contribution in [3.05, 3.63) is 52.2 Å². The topological polar surface area (TPSA) is 41.6 Å². The van der Waals surface area contributed by atoms with Crippen molar-refractivity contribution in [1.82, 2.24) is 10.2 Å². The number of hydrogen-bond donors (Lipinski definition) is 1. The molecule has 0 spiro atoms. The minimum atomic E-state index is 0.103. The van der Waals surface area contributed by atoms with Crippen molar-refractivity contribution in [2.75, 3.05) is 20.2 Å². The zero-order valence-corrected chi connectivity index (χ0v) is 15.7. The molecule has 1 amide bonds. The highest BCUT2D eigenvalue weighted by Crippen LogP contribution is 2.41. The third kappa shape index (κ3) is 5.06. The van der Waals surface area contributed by atoms with Crippen LogP contribution in [-0.4, -0.2) is 31.0 Å². The Morgan fingerprint density at radius 1 is 1.32 bits per heavy atom. The van der Waals surface area contributed by atoms with Gasteiger partial charge in [0.25, 0.3) is 0 Å². The normalized spacial score (nSPS) is 15.2. The van der Waals surface area contributed by atoms with E-state index in [1.807, 2.05) is 12.1 Å². The molecule has 1 aromatic heterocycles. The molecule has 1 heterocycles. The van der Waals surface area contributed by atoms with E-state index in [4.69, 9.17) is 4.74 Å². The smallest absolute Gasteiger partial charge is 0.234 e. The summed E-state index contributed by atoms with van der Waals surface area (Å²) in [5.41, 5.74) is 1.16. The molecular weight excluding hydrogens is 332 g/mol. The minimum Gasteiger partial charge on any atom is -0.497 e. The molecular formula is C20H26N2O2S. The molecule has 2 aromatic rings. The number of nitrogens with one attached hydrogen (secondary N) is 1. The van der Waals surface area contributed by atoms with Gasteiger partial charge in [-0.15, -0.1) is 11.3 Å². The van der Waals surface area contributed by atoms with E-state index >= 15 is 0 Å². The molecule has 1 saturated carbocycles. The number of ether oxygens (including phenoxy) is 1. The van der Waals surface area contributed by atoms with Gasteiger partial charge in [-0.05, 0) is 54.4 Å². The van der Waals surface area contributed by atoms with Crippen molar-refractivity contribution < 1.29 is 9.53 Å². The lowest BCUT2D eigenvalue weighted by Crippen LogP contribution is -2.39. The molecule has 134 valence electrons. The molecule has 1 aliphatic carbocycles. The van der Waals surface area contributed by atoms with Gasteiger partial charge in [-0.1, -0.05) is 25.1 Å². The van der Waals surface area contributed by atoms with Crippen LogP contribution in [0.25, 0.3) is 0 Å². The SMILES string of the molecule is CCN(CC(=O)NC(c1ccc(OC)cc1)C1CC1)Cc1cccs1. The molecule has 1 aromatic carbocycles. The van der Waals surface area contributed by atoms with Gasteiger partial charge >= 0.3 is 0 Å². The fraction of sp³-hybridized carbons (Fsp3) is 0.450. The van der Waals surface area contributed by atoms with Crippen LogP contribution in [-0.2, 0) is 11.3 Å². The predicted molar refractivity (Wildman–Crippen MR) is 102 cm³/mol. The zero-order valence-electron chi connectivity index (χ0n) is 14.9. The Bertz CT molecular complexity index is 666. The number of hydrogen-bond acceptors (Lipinski definition) is 4. The lowest BCUT2D eigenvalue weighted by molar-refractivity contribution is -0.123. The van der Waals surface area contributed by atoms with Gasteiger partial charge in [-0.25, -0.2) is 0 Å². The van der Waals surface area contributed by atoms with Gasteiger partial charge < -0.3 is 10.1 Å².